The summed E-state index contributed by atoms with van der Waals surface area (Å²) < 4.78 is 27.0. The van der Waals surface area contributed by atoms with Crippen molar-refractivity contribution in [1.82, 2.24) is 4.31 Å². The summed E-state index contributed by atoms with van der Waals surface area (Å²) in [6.07, 6.45) is 0. The first-order chi connectivity index (χ1) is 9.32. The summed E-state index contributed by atoms with van der Waals surface area (Å²) in [4.78, 5) is 1.27. The zero-order chi connectivity index (χ0) is 14.9. The van der Waals surface area contributed by atoms with Crippen LogP contribution in [-0.4, -0.2) is 19.8 Å². The van der Waals surface area contributed by atoms with Gasteiger partial charge in [0.15, 0.2) is 0 Å². The second-order valence-corrected chi connectivity index (χ2v) is 8.35. The van der Waals surface area contributed by atoms with Crippen molar-refractivity contribution in [2.24, 2.45) is 0 Å². The Balaban J connectivity index is 2.32. The molecule has 0 spiro atoms. The van der Waals surface area contributed by atoms with Crippen LogP contribution in [0.3, 0.4) is 0 Å². The summed E-state index contributed by atoms with van der Waals surface area (Å²) in [6, 6.07) is 6.69. The van der Waals surface area contributed by atoms with Gasteiger partial charge in [0.2, 0.25) is 10.0 Å². The fourth-order valence-corrected chi connectivity index (χ4v) is 4.98. The van der Waals surface area contributed by atoms with Gasteiger partial charge in [-0.15, -0.1) is 11.3 Å². The Bertz CT molecular complexity index is 726. The van der Waals surface area contributed by atoms with E-state index >= 15 is 0 Å². The highest BCUT2D eigenvalue weighted by atomic mass is 79.9. The largest absolute Gasteiger partial charge is 0.399 e. The molecule has 0 aliphatic heterocycles. The van der Waals surface area contributed by atoms with Crippen LogP contribution in [-0.2, 0) is 16.6 Å². The average Bonchev–Trinajstić information content (AvgIpc) is 2.74. The quantitative estimate of drug-likeness (QED) is 0.835. The molecule has 2 N–H and O–H groups in total. The van der Waals surface area contributed by atoms with Crippen molar-refractivity contribution in [2.75, 3.05) is 12.8 Å². The van der Waals surface area contributed by atoms with E-state index in [1.165, 1.54) is 10.4 Å². The normalized spacial score (nSPS) is 12.0. The number of hydrogen-bond acceptors (Lipinski definition) is 4. The zero-order valence-corrected chi connectivity index (χ0v) is 14.3. The molecule has 0 aliphatic carbocycles. The van der Waals surface area contributed by atoms with Crippen molar-refractivity contribution in [3.63, 3.8) is 0 Å². The molecule has 0 unspecified atom stereocenters. The summed E-state index contributed by atoms with van der Waals surface area (Å²) >= 11 is 4.82. The molecule has 7 heteroatoms. The highest BCUT2D eigenvalue weighted by Crippen LogP contribution is 2.28. The minimum Gasteiger partial charge on any atom is -0.399 e. The van der Waals surface area contributed by atoms with Crippen LogP contribution in [0.25, 0.3) is 0 Å². The van der Waals surface area contributed by atoms with Gasteiger partial charge in [0.1, 0.15) is 0 Å². The van der Waals surface area contributed by atoms with Crippen LogP contribution < -0.4 is 5.73 Å². The van der Waals surface area contributed by atoms with E-state index in [1.54, 1.807) is 30.5 Å². The maximum Gasteiger partial charge on any atom is 0.244 e. The topological polar surface area (TPSA) is 63.4 Å². The molecule has 0 bridgehead atoms. The molecular weight excluding hydrogens is 360 g/mol. The lowest BCUT2D eigenvalue weighted by molar-refractivity contribution is 0.468. The lowest BCUT2D eigenvalue weighted by Gasteiger charge is -2.18. The minimum absolute atomic E-state index is 0.225. The van der Waals surface area contributed by atoms with Gasteiger partial charge in [0, 0.05) is 28.6 Å². The number of thiophene rings is 1. The lowest BCUT2D eigenvalue weighted by atomic mass is 10.3. The Kier molecular flexibility index (Phi) is 4.53. The number of aryl methyl sites for hydroxylation is 1. The number of sulfonamides is 1. The van der Waals surface area contributed by atoms with Crippen LogP contribution in [0, 0.1) is 6.92 Å². The maximum absolute atomic E-state index is 12.6. The smallest absolute Gasteiger partial charge is 0.244 e. The van der Waals surface area contributed by atoms with Crippen LogP contribution in [0.15, 0.2) is 39.0 Å². The van der Waals surface area contributed by atoms with Crippen LogP contribution in [0.5, 0.6) is 0 Å². The van der Waals surface area contributed by atoms with E-state index < -0.39 is 10.0 Å². The summed E-state index contributed by atoms with van der Waals surface area (Å²) in [5.41, 5.74) is 7.27. The highest BCUT2D eigenvalue weighted by molar-refractivity contribution is 9.10. The molecular formula is C13H15BrN2O2S2. The molecule has 20 heavy (non-hydrogen) atoms. The number of rotatable bonds is 4. The van der Waals surface area contributed by atoms with Crippen LogP contribution in [0.2, 0.25) is 0 Å². The van der Waals surface area contributed by atoms with Crippen molar-refractivity contribution in [2.45, 2.75) is 18.4 Å². The Labute approximate surface area is 131 Å². The number of nitrogens with zero attached hydrogens (tertiary/aromatic N) is 1. The van der Waals surface area contributed by atoms with Gasteiger partial charge in [0.05, 0.1) is 4.90 Å². The third kappa shape index (κ3) is 3.06. The minimum atomic E-state index is -3.54. The van der Waals surface area contributed by atoms with Gasteiger partial charge < -0.3 is 5.73 Å². The Hall–Kier alpha value is -0.890. The first-order valence-electron chi connectivity index (χ1n) is 5.86. The van der Waals surface area contributed by atoms with E-state index in [4.69, 9.17) is 5.73 Å². The Morgan fingerprint density at radius 3 is 2.60 bits per heavy atom. The molecule has 1 aromatic heterocycles. The molecule has 2 aromatic rings. The molecule has 0 aliphatic rings. The number of halogens is 1. The predicted octanol–water partition coefficient (Wildman–Crippen LogP) is 3.22. The van der Waals surface area contributed by atoms with Crippen LogP contribution >= 0.6 is 27.3 Å². The number of anilines is 1. The van der Waals surface area contributed by atoms with E-state index in [2.05, 4.69) is 15.9 Å². The molecule has 0 amide bonds. The van der Waals surface area contributed by atoms with E-state index in [1.807, 2.05) is 18.4 Å². The standard InChI is InChI=1S/C13H15BrN2O2S2/c1-9-5-6-19-12(9)8-16(2)20(17,18)13-4-3-10(15)7-11(13)14/h3-7H,8,15H2,1-2H3. The van der Waals surface area contributed by atoms with Crippen molar-refractivity contribution in [1.29, 1.82) is 0 Å². The molecule has 0 saturated carbocycles. The molecule has 108 valence electrons. The molecule has 0 fully saturated rings. The van der Waals surface area contributed by atoms with Crippen LogP contribution in [0.4, 0.5) is 5.69 Å². The maximum atomic E-state index is 12.6. The van der Waals surface area contributed by atoms with Gasteiger partial charge >= 0.3 is 0 Å². The number of benzene rings is 1. The second-order valence-electron chi connectivity index (χ2n) is 4.48. The highest BCUT2D eigenvalue weighted by Gasteiger charge is 2.24. The Morgan fingerprint density at radius 1 is 1.35 bits per heavy atom. The van der Waals surface area contributed by atoms with Gasteiger partial charge in [-0.25, -0.2) is 8.42 Å². The molecule has 4 nitrogen and oxygen atoms in total. The van der Waals surface area contributed by atoms with Crippen LogP contribution in [0.1, 0.15) is 10.4 Å². The fraction of sp³-hybridized carbons (Fsp3) is 0.231. The van der Waals surface area contributed by atoms with Gasteiger partial charge in [-0.3, -0.25) is 0 Å². The van der Waals surface area contributed by atoms with E-state index in [0.29, 0.717) is 16.7 Å². The average molecular weight is 375 g/mol. The van der Waals surface area contributed by atoms with Gasteiger partial charge in [0.25, 0.3) is 0 Å². The van der Waals surface area contributed by atoms with Crippen molar-refractivity contribution in [3.8, 4) is 0 Å². The summed E-state index contributed by atoms with van der Waals surface area (Å²) in [5, 5.41) is 1.96. The number of nitrogens with two attached hydrogens (primary N) is 1. The number of hydrogen-bond donors (Lipinski definition) is 1. The van der Waals surface area contributed by atoms with E-state index in [-0.39, 0.29) is 4.90 Å². The van der Waals surface area contributed by atoms with E-state index in [0.717, 1.165) is 10.4 Å². The van der Waals surface area contributed by atoms with Gasteiger partial charge in [-0.05, 0) is 58.1 Å². The molecule has 1 heterocycles. The third-order valence-corrected chi connectivity index (χ3v) is 6.77. The first-order valence-corrected chi connectivity index (χ1v) is 8.98. The predicted molar refractivity (Wildman–Crippen MR) is 86.3 cm³/mol. The Morgan fingerprint density at radius 2 is 2.05 bits per heavy atom. The van der Waals surface area contributed by atoms with E-state index in [9.17, 15) is 8.42 Å². The molecule has 0 radical (unpaired) electrons. The van der Waals surface area contributed by atoms with Gasteiger partial charge in [-0.2, -0.15) is 4.31 Å². The number of nitrogen functional groups attached to an aromatic ring is 1. The lowest BCUT2D eigenvalue weighted by Crippen LogP contribution is -2.26. The summed E-state index contributed by atoms with van der Waals surface area (Å²) in [7, 11) is -1.96. The molecule has 0 saturated heterocycles. The van der Waals surface area contributed by atoms with Crippen molar-refractivity contribution < 1.29 is 8.42 Å². The molecule has 1 aromatic carbocycles. The van der Waals surface area contributed by atoms with Crippen molar-refractivity contribution >= 4 is 43.0 Å². The summed E-state index contributed by atoms with van der Waals surface area (Å²) in [6.45, 7) is 2.34. The zero-order valence-electron chi connectivity index (χ0n) is 11.1. The fourth-order valence-electron chi connectivity index (χ4n) is 1.75. The first kappa shape index (κ1) is 15.5. The van der Waals surface area contributed by atoms with Gasteiger partial charge in [-0.1, -0.05) is 0 Å². The summed E-state index contributed by atoms with van der Waals surface area (Å²) in [5.74, 6) is 0. The molecule has 0 atom stereocenters. The third-order valence-electron chi connectivity index (χ3n) is 2.98. The SMILES string of the molecule is Cc1ccsc1CN(C)S(=O)(=O)c1ccc(N)cc1Br. The monoisotopic (exact) mass is 374 g/mol. The second kappa shape index (κ2) is 5.85. The van der Waals surface area contributed by atoms with Crippen molar-refractivity contribution in [3.05, 3.63) is 44.6 Å². The molecule has 2 rings (SSSR count).